The van der Waals surface area contributed by atoms with Gasteiger partial charge in [-0.3, -0.25) is 0 Å². The molecule has 0 spiro atoms. The molecule has 0 aliphatic heterocycles. The van der Waals surface area contributed by atoms with Gasteiger partial charge in [-0.2, -0.15) is 0 Å². The lowest BCUT2D eigenvalue weighted by molar-refractivity contribution is -0.155. The molecular formula is C10H11FO3. The Hall–Kier alpha value is -1.42. The van der Waals surface area contributed by atoms with Crippen molar-refractivity contribution in [2.75, 3.05) is 6.67 Å². The number of alkyl halides is 1. The summed E-state index contributed by atoms with van der Waals surface area (Å²) in [6.07, 6.45) is -1.67. The molecular weight excluding hydrogens is 187 g/mol. The summed E-state index contributed by atoms with van der Waals surface area (Å²) in [6, 6.07) is 8.98. The number of rotatable bonds is 4. The molecule has 1 aromatic rings. The number of carbonyl (C=O) groups is 1. The van der Waals surface area contributed by atoms with Crippen LogP contribution < -0.4 is 0 Å². The van der Waals surface area contributed by atoms with E-state index >= 15 is 0 Å². The maximum Gasteiger partial charge on any atom is 0.338 e. The average molecular weight is 198 g/mol. The monoisotopic (exact) mass is 198 g/mol. The van der Waals surface area contributed by atoms with Crippen molar-refractivity contribution >= 4 is 5.97 Å². The van der Waals surface area contributed by atoms with Gasteiger partial charge in [0, 0.05) is 0 Å². The lowest BCUT2D eigenvalue weighted by Gasteiger charge is -2.06. The van der Waals surface area contributed by atoms with E-state index in [0.29, 0.717) is 0 Å². The van der Waals surface area contributed by atoms with Gasteiger partial charge in [-0.15, -0.1) is 0 Å². The van der Waals surface area contributed by atoms with Gasteiger partial charge in [-0.05, 0) is 5.56 Å². The molecule has 1 atom stereocenters. The molecule has 0 heterocycles. The van der Waals surface area contributed by atoms with Gasteiger partial charge in [0.15, 0.2) is 6.10 Å². The SMILES string of the molecule is O=C(OCc1ccccc1)C(O)CF. The van der Waals surface area contributed by atoms with Crippen molar-refractivity contribution in [3.63, 3.8) is 0 Å². The van der Waals surface area contributed by atoms with Crippen molar-refractivity contribution in [3.8, 4) is 0 Å². The molecule has 14 heavy (non-hydrogen) atoms. The van der Waals surface area contributed by atoms with Crippen molar-refractivity contribution in [1.82, 2.24) is 0 Å². The Kier molecular flexibility index (Phi) is 4.07. The van der Waals surface area contributed by atoms with Gasteiger partial charge in [0.05, 0.1) is 0 Å². The molecule has 76 valence electrons. The fourth-order valence-corrected chi connectivity index (χ4v) is 0.888. The molecule has 1 rings (SSSR count). The minimum Gasteiger partial charge on any atom is -0.459 e. The summed E-state index contributed by atoms with van der Waals surface area (Å²) in [5.74, 6) is -0.934. The Balaban J connectivity index is 2.38. The zero-order chi connectivity index (χ0) is 10.4. The number of halogens is 1. The number of ether oxygens (including phenoxy) is 1. The lowest BCUT2D eigenvalue weighted by atomic mass is 10.2. The van der Waals surface area contributed by atoms with Crippen LogP contribution in [0, 0.1) is 0 Å². The van der Waals surface area contributed by atoms with Crippen LogP contribution in [-0.4, -0.2) is 23.9 Å². The highest BCUT2D eigenvalue weighted by Gasteiger charge is 2.15. The molecule has 0 bridgehead atoms. The molecule has 0 aromatic heterocycles. The van der Waals surface area contributed by atoms with Gasteiger partial charge in [-0.25, -0.2) is 9.18 Å². The van der Waals surface area contributed by atoms with Crippen LogP contribution in [-0.2, 0) is 16.1 Å². The predicted molar refractivity (Wildman–Crippen MR) is 48.2 cm³/mol. The molecule has 0 aliphatic rings. The van der Waals surface area contributed by atoms with Crippen LogP contribution >= 0.6 is 0 Å². The molecule has 1 N–H and O–H groups in total. The summed E-state index contributed by atoms with van der Waals surface area (Å²) in [4.78, 5) is 10.8. The fraction of sp³-hybridized carbons (Fsp3) is 0.300. The first-order valence-electron chi connectivity index (χ1n) is 4.18. The molecule has 3 nitrogen and oxygen atoms in total. The first kappa shape index (κ1) is 10.7. The molecule has 1 unspecified atom stereocenters. The van der Waals surface area contributed by atoms with E-state index in [9.17, 15) is 9.18 Å². The summed E-state index contributed by atoms with van der Waals surface area (Å²) in [5, 5.41) is 8.75. The second-order valence-electron chi connectivity index (χ2n) is 2.76. The Morgan fingerprint density at radius 2 is 2.07 bits per heavy atom. The van der Waals surface area contributed by atoms with Crippen molar-refractivity contribution < 1.29 is 19.0 Å². The van der Waals surface area contributed by atoms with E-state index in [4.69, 9.17) is 5.11 Å². The zero-order valence-corrected chi connectivity index (χ0v) is 7.52. The van der Waals surface area contributed by atoms with E-state index in [1.54, 1.807) is 24.3 Å². The van der Waals surface area contributed by atoms with E-state index in [2.05, 4.69) is 4.74 Å². The number of hydrogen-bond donors (Lipinski definition) is 1. The summed E-state index contributed by atoms with van der Waals surface area (Å²) >= 11 is 0. The number of aliphatic hydroxyl groups excluding tert-OH is 1. The summed E-state index contributed by atoms with van der Waals surface area (Å²) in [5.41, 5.74) is 0.798. The second kappa shape index (κ2) is 5.34. The zero-order valence-electron chi connectivity index (χ0n) is 7.52. The van der Waals surface area contributed by atoms with E-state index in [1.165, 1.54) is 0 Å². The Morgan fingerprint density at radius 1 is 1.43 bits per heavy atom. The molecule has 0 fully saturated rings. The van der Waals surface area contributed by atoms with E-state index in [0.717, 1.165) is 5.56 Å². The molecule has 4 heteroatoms. The standard InChI is InChI=1S/C10H11FO3/c11-6-9(12)10(13)14-7-8-4-2-1-3-5-8/h1-5,9,12H,6-7H2. The summed E-state index contributed by atoms with van der Waals surface area (Å²) < 4.78 is 16.5. The third-order valence-corrected chi connectivity index (χ3v) is 1.64. The normalized spacial score (nSPS) is 12.1. The maximum atomic E-state index is 11.8. The van der Waals surface area contributed by atoms with E-state index in [1.807, 2.05) is 6.07 Å². The average Bonchev–Trinajstić information content (AvgIpc) is 2.26. The fourth-order valence-electron chi connectivity index (χ4n) is 0.888. The first-order valence-corrected chi connectivity index (χ1v) is 4.18. The van der Waals surface area contributed by atoms with Crippen LogP contribution in [0.4, 0.5) is 4.39 Å². The number of hydrogen-bond acceptors (Lipinski definition) is 3. The van der Waals surface area contributed by atoms with Gasteiger partial charge in [0.1, 0.15) is 13.3 Å². The van der Waals surface area contributed by atoms with Crippen molar-refractivity contribution in [2.45, 2.75) is 12.7 Å². The molecule has 0 amide bonds. The Labute approximate surface area is 81.1 Å². The smallest absolute Gasteiger partial charge is 0.338 e. The van der Waals surface area contributed by atoms with Crippen molar-refractivity contribution in [1.29, 1.82) is 0 Å². The highest BCUT2D eigenvalue weighted by atomic mass is 19.1. The van der Waals surface area contributed by atoms with Crippen LogP contribution in [0.3, 0.4) is 0 Å². The predicted octanol–water partition coefficient (Wildman–Crippen LogP) is 1.06. The summed E-state index contributed by atoms with van der Waals surface area (Å²) in [7, 11) is 0. The van der Waals surface area contributed by atoms with Crippen molar-refractivity contribution in [3.05, 3.63) is 35.9 Å². The number of aliphatic hydroxyl groups is 1. The number of esters is 1. The molecule has 0 saturated carbocycles. The third kappa shape index (κ3) is 3.14. The van der Waals surface area contributed by atoms with Crippen LogP contribution in [0.2, 0.25) is 0 Å². The van der Waals surface area contributed by atoms with Gasteiger partial charge in [-0.1, -0.05) is 30.3 Å². The highest BCUT2D eigenvalue weighted by Crippen LogP contribution is 2.01. The van der Waals surface area contributed by atoms with E-state index < -0.39 is 18.7 Å². The van der Waals surface area contributed by atoms with Gasteiger partial charge in [0.25, 0.3) is 0 Å². The molecule has 0 radical (unpaired) electrons. The van der Waals surface area contributed by atoms with Crippen LogP contribution in [0.5, 0.6) is 0 Å². The van der Waals surface area contributed by atoms with Gasteiger partial charge in [0.2, 0.25) is 0 Å². The quantitative estimate of drug-likeness (QED) is 0.736. The maximum absolute atomic E-state index is 11.8. The van der Waals surface area contributed by atoms with Crippen LogP contribution in [0.25, 0.3) is 0 Å². The number of benzene rings is 1. The van der Waals surface area contributed by atoms with Gasteiger partial charge >= 0.3 is 5.97 Å². The minimum absolute atomic E-state index is 0.0523. The second-order valence-corrected chi connectivity index (χ2v) is 2.76. The van der Waals surface area contributed by atoms with Crippen molar-refractivity contribution in [2.24, 2.45) is 0 Å². The van der Waals surface area contributed by atoms with Crippen LogP contribution in [0.15, 0.2) is 30.3 Å². The number of carbonyl (C=O) groups excluding carboxylic acids is 1. The largest absolute Gasteiger partial charge is 0.459 e. The topological polar surface area (TPSA) is 46.5 Å². The highest BCUT2D eigenvalue weighted by molar-refractivity contribution is 5.74. The Morgan fingerprint density at radius 3 is 2.64 bits per heavy atom. The van der Waals surface area contributed by atoms with E-state index in [-0.39, 0.29) is 6.61 Å². The van der Waals surface area contributed by atoms with Crippen LogP contribution in [0.1, 0.15) is 5.56 Å². The molecule has 0 saturated heterocycles. The summed E-state index contributed by atoms with van der Waals surface area (Å²) in [6.45, 7) is -1.07. The molecule has 0 aliphatic carbocycles. The lowest BCUT2D eigenvalue weighted by Crippen LogP contribution is -2.24. The third-order valence-electron chi connectivity index (χ3n) is 1.64. The molecule has 1 aromatic carbocycles. The minimum atomic E-state index is -1.67. The first-order chi connectivity index (χ1) is 6.74. The van der Waals surface area contributed by atoms with Gasteiger partial charge < -0.3 is 9.84 Å². The Bertz CT molecular complexity index is 287.